The van der Waals surface area contributed by atoms with Gasteiger partial charge in [0.15, 0.2) is 0 Å². The number of fused-ring (bicyclic) bond motifs is 1. The second-order valence-corrected chi connectivity index (χ2v) is 9.11. The lowest BCUT2D eigenvalue weighted by Gasteiger charge is -2.32. The van der Waals surface area contributed by atoms with Gasteiger partial charge >= 0.3 is 0 Å². The lowest BCUT2D eigenvalue weighted by atomic mass is 9.80. The van der Waals surface area contributed by atoms with Crippen molar-refractivity contribution in [3.8, 4) is 5.75 Å². The van der Waals surface area contributed by atoms with Crippen LogP contribution in [0.4, 0.5) is 4.39 Å². The van der Waals surface area contributed by atoms with Crippen LogP contribution >= 0.6 is 0 Å². The molecule has 2 aliphatic rings. The number of nitrogens with zero attached hydrogens (tertiary/aromatic N) is 3. The number of aromatic hydroxyl groups is 1. The Kier molecular flexibility index (Phi) is 5.71. The molecule has 0 unspecified atom stereocenters. The van der Waals surface area contributed by atoms with E-state index in [1.807, 2.05) is 23.9 Å². The van der Waals surface area contributed by atoms with Gasteiger partial charge in [0, 0.05) is 49.6 Å². The second kappa shape index (κ2) is 8.30. The molecule has 2 aliphatic heterocycles. The molecule has 2 heterocycles. The van der Waals surface area contributed by atoms with Gasteiger partial charge in [0.25, 0.3) is 5.91 Å². The van der Waals surface area contributed by atoms with Crippen molar-refractivity contribution in [3.63, 3.8) is 0 Å². The average Bonchev–Trinajstić information content (AvgIpc) is 3.23. The van der Waals surface area contributed by atoms with Gasteiger partial charge in [-0.25, -0.2) is 4.39 Å². The van der Waals surface area contributed by atoms with Gasteiger partial charge in [0.1, 0.15) is 11.6 Å². The van der Waals surface area contributed by atoms with E-state index in [0.717, 1.165) is 12.1 Å². The van der Waals surface area contributed by atoms with E-state index in [2.05, 4.69) is 4.90 Å². The van der Waals surface area contributed by atoms with Gasteiger partial charge < -0.3 is 19.8 Å². The summed E-state index contributed by atoms with van der Waals surface area (Å²) in [4.78, 5) is 31.8. The van der Waals surface area contributed by atoms with Gasteiger partial charge in [-0.05, 0) is 56.1 Å². The fourth-order valence-corrected chi connectivity index (χ4v) is 5.05. The first-order chi connectivity index (χ1) is 14.8. The quantitative estimate of drug-likeness (QED) is 0.798. The maximum absolute atomic E-state index is 13.2. The molecule has 2 atom stereocenters. The predicted molar refractivity (Wildman–Crippen MR) is 115 cm³/mol. The van der Waals surface area contributed by atoms with Gasteiger partial charge in [0.2, 0.25) is 5.91 Å². The molecule has 7 heteroatoms. The summed E-state index contributed by atoms with van der Waals surface area (Å²) in [6.07, 6.45) is 0.295. The van der Waals surface area contributed by atoms with Crippen LogP contribution in [0, 0.1) is 17.2 Å². The summed E-state index contributed by atoms with van der Waals surface area (Å²) in [5, 5.41) is 9.44. The van der Waals surface area contributed by atoms with Gasteiger partial charge in [-0.1, -0.05) is 12.1 Å². The molecule has 0 bridgehead atoms. The molecule has 2 fully saturated rings. The summed E-state index contributed by atoms with van der Waals surface area (Å²) in [5.74, 6) is -0.00310. The molecule has 4 rings (SSSR count). The van der Waals surface area contributed by atoms with Crippen LogP contribution < -0.4 is 0 Å². The normalized spacial score (nSPS) is 22.8. The first-order valence-corrected chi connectivity index (χ1v) is 10.5. The minimum atomic E-state index is -0.360. The van der Waals surface area contributed by atoms with E-state index in [-0.39, 0.29) is 34.7 Å². The highest BCUT2D eigenvalue weighted by Crippen LogP contribution is 2.43. The smallest absolute Gasteiger partial charge is 0.253 e. The molecule has 164 valence electrons. The molecule has 2 aromatic rings. The third kappa shape index (κ3) is 4.42. The number of carbonyl (C=O) groups is 2. The average molecular weight is 426 g/mol. The minimum Gasteiger partial charge on any atom is -0.508 e. The maximum atomic E-state index is 13.2. The van der Waals surface area contributed by atoms with Crippen molar-refractivity contribution in [1.29, 1.82) is 0 Å². The Balaban J connectivity index is 1.47. The third-order valence-corrected chi connectivity index (χ3v) is 6.41. The van der Waals surface area contributed by atoms with Crippen molar-refractivity contribution in [2.45, 2.75) is 6.42 Å². The van der Waals surface area contributed by atoms with Gasteiger partial charge in [-0.2, -0.15) is 0 Å². The zero-order valence-corrected chi connectivity index (χ0v) is 17.9. The van der Waals surface area contributed by atoms with E-state index in [1.165, 1.54) is 24.3 Å². The summed E-state index contributed by atoms with van der Waals surface area (Å²) in [6.45, 7) is 3.19. The molecule has 6 nitrogen and oxygen atoms in total. The fourth-order valence-electron chi connectivity index (χ4n) is 5.05. The lowest BCUT2D eigenvalue weighted by molar-refractivity contribution is -0.130. The molecule has 0 aromatic heterocycles. The van der Waals surface area contributed by atoms with E-state index in [1.54, 1.807) is 24.3 Å². The summed E-state index contributed by atoms with van der Waals surface area (Å²) < 4.78 is 13.2. The Morgan fingerprint density at radius 2 is 1.65 bits per heavy atom. The molecular formula is C24H28FN3O3. The molecule has 2 amide bonds. The van der Waals surface area contributed by atoms with Crippen molar-refractivity contribution in [1.82, 2.24) is 14.7 Å². The van der Waals surface area contributed by atoms with E-state index < -0.39 is 0 Å². The van der Waals surface area contributed by atoms with Crippen LogP contribution in [0.15, 0.2) is 48.5 Å². The van der Waals surface area contributed by atoms with E-state index in [0.29, 0.717) is 38.2 Å². The number of phenols is 1. The predicted octanol–water partition coefficient (Wildman–Crippen LogP) is 2.24. The molecule has 31 heavy (non-hydrogen) atoms. The zero-order chi connectivity index (χ0) is 22.2. The topological polar surface area (TPSA) is 64.1 Å². The molecule has 2 saturated heterocycles. The first-order valence-electron chi connectivity index (χ1n) is 10.5. The van der Waals surface area contributed by atoms with Crippen molar-refractivity contribution in [2.24, 2.45) is 11.3 Å². The van der Waals surface area contributed by atoms with Crippen molar-refractivity contribution in [2.75, 3.05) is 46.8 Å². The van der Waals surface area contributed by atoms with Crippen LogP contribution in [0.25, 0.3) is 0 Å². The number of rotatable bonds is 5. The van der Waals surface area contributed by atoms with Crippen molar-refractivity contribution < 1.29 is 19.1 Å². The molecule has 1 N–H and O–H groups in total. The second-order valence-electron chi connectivity index (χ2n) is 9.11. The van der Waals surface area contributed by atoms with Crippen LogP contribution in [-0.4, -0.2) is 78.4 Å². The molecule has 0 spiro atoms. The van der Waals surface area contributed by atoms with Crippen LogP contribution in [-0.2, 0) is 11.2 Å². The lowest BCUT2D eigenvalue weighted by Crippen LogP contribution is -2.44. The van der Waals surface area contributed by atoms with Crippen LogP contribution in [0.5, 0.6) is 5.75 Å². The zero-order valence-electron chi connectivity index (χ0n) is 17.9. The van der Waals surface area contributed by atoms with Crippen LogP contribution in [0.2, 0.25) is 0 Å². The van der Waals surface area contributed by atoms with Crippen molar-refractivity contribution in [3.05, 3.63) is 65.5 Å². The first kappa shape index (κ1) is 21.3. The van der Waals surface area contributed by atoms with Gasteiger partial charge in [0.05, 0.1) is 6.42 Å². The Morgan fingerprint density at radius 1 is 1.03 bits per heavy atom. The van der Waals surface area contributed by atoms with E-state index >= 15 is 0 Å². The molecule has 2 aromatic carbocycles. The number of amides is 2. The summed E-state index contributed by atoms with van der Waals surface area (Å²) in [7, 11) is 4.02. The summed E-state index contributed by atoms with van der Waals surface area (Å²) in [5.41, 5.74) is 1.18. The van der Waals surface area contributed by atoms with Gasteiger partial charge in [-0.15, -0.1) is 0 Å². The Morgan fingerprint density at radius 3 is 2.29 bits per heavy atom. The number of hydrogen-bond donors (Lipinski definition) is 1. The highest BCUT2D eigenvalue weighted by molar-refractivity contribution is 5.94. The maximum Gasteiger partial charge on any atom is 0.253 e. The highest BCUT2D eigenvalue weighted by Gasteiger charge is 2.54. The van der Waals surface area contributed by atoms with Gasteiger partial charge in [-0.3, -0.25) is 9.59 Å². The highest BCUT2D eigenvalue weighted by atomic mass is 19.1. The molecule has 0 aliphatic carbocycles. The van der Waals surface area contributed by atoms with E-state index in [9.17, 15) is 19.1 Å². The third-order valence-electron chi connectivity index (χ3n) is 6.41. The largest absolute Gasteiger partial charge is 0.508 e. The number of carbonyl (C=O) groups excluding carboxylic acids is 2. The monoisotopic (exact) mass is 425 g/mol. The Bertz CT molecular complexity index is 961. The number of likely N-dealkylation sites (tertiary alicyclic amines) is 2. The summed E-state index contributed by atoms with van der Waals surface area (Å²) in [6, 6.07) is 12.4. The Labute approximate surface area is 181 Å². The molecule has 0 saturated carbocycles. The number of hydrogen-bond acceptors (Lipinski definition) is 4. The number of phenolic OH excluding ortho intramolecular Hbond substituents is 1. The molecule has 0 radical (unpaired) electrons. The van der Waals surface area contributed by atoms with Crippen molar-refractivity contribution >= 4 is 11.8 Å². The minimum absolute atomic E-state index is 0.0645. The summed E-state index contributed by atoms with van der Waals surface area (Å²) >= 11 is 0. The SMILES string of the molecule is CN(C)C[C@]12CN(C(=O)Cc3ccc(O)cc3)C[C@H]1CN(C(=O)c1ccc(F)cc1)C2. The Hall–Kier alpha value is -2.93. The number of halogens is 1. The standard InChI is InChI=1S/C24H28FN3O3/c1-26(2)14-24-15-27(22(30)11-17-3-9-21(29)10-4-17)12-19(24)13-28(16-24)23(31)18-5-7-20(25)8-6-18/h3-10,19,29H,11-16H2,1-2H3/t19-,24+/m0/s1. The van der Waals surface area contributed by atoms with Crippen LogP contribution in [0.3, 0.4) is 0 Å². The van der Waals surface area contributed by atoms with E-state index in [4.69, 9.17) is 0 Å². The molecular weight excluding hydrogens is 397 g/mol. The number of benzene rings is 2. The van der Waals surface area contributed by atoms with Crippen LogP contribution in [0.1, 0.15) is 15.9 Å². The fraction of sp³-hybridized carbons (Fsp3) is 0.417.